The number of carbonyl (C=O) groups is 3. The SMILES string of the molecule is CCOc1ccc(N2CCN(CC(=O)N3CCC(C(=O)OC)CC3)C2=O)cc1. The number of ether oxygens (including phenoxy) is 2. The minimum Gasteiger partial charge on any atom is -0.494 e. The molecule has 0 atom stereocenters. The van der Waals surface area contributed by atoms with Crippen molar-refractivity contribution in [2.45, 2.75) is 19.8 Å². The van der Waals surface area contributed by atoms with Gasteiger partial charge < -0.3 is 19.3 Å². The van der Waals surface area contributed by atoms with Crippen molar-refractivity contribution in [1.29, 1.82) is 0 Å². The first-order valence-corrected chi connectivity index (χ1v) is 9.68. The third kappa shape index (κ3) is 4.37. The van der Waals surface area contributed by atoms with Gasteiger partial charge in [0, 0.05) is 31.9 Å². The molecule has 0 spiro atoms. The summed E-state index contributed by atoms with van der Waals surface area (Å²) >= 11 is 0. The summed E-state index contributed by atoms with van der Waals surface area (Å²) in [5.74, 6) is 0.330. The second kappa shape index (κ2) is 8.95. The molecule has 3 rings (SSSR count). The third-order valence-corrected chi connectivity index (χ3v) is 5.26. The Morgan fingerprint density at radius 2 is 1.75 bits per heavy atom. The van der Waals surface area contributed by atoms with Gasteiger partial charge in [0.1, 0.15) is 12.3 Å². The van der Waals surface area contributed by atoms with Crippen molar-refractivity contribution in [1.82, 2.24) is 9.80 Å². The van der Waals surface area contributed by atoms with Crippen molar-refractivity contribution in [3.05, 3.63) is 24.3 Å². The van der Waals surface area contributed by atoms with Gasteiger partial charge in [0.05, 0.1) is 19.6 Å². The number of esters is 1. The average Bonchev–Trinajstić information content (AvgIpc) is 3.08. The van der Waals surface area contributed by atoms with Crippen LogP contribution in [-0.4, -0.2) is 74.1 Å². The van der Waals surface area contributed by atoms with Gasteiger partial charge in [-0.15, -0.1) is 0 Å². The van der Waals surface area contributed by atoms with E-state index in [0.717, 1.165) is 11.4 Å². The molecular formula is C20H27N3O5. The van der Waals surface area contributed by atoms with Crippen LogP contribution in [0.2, 0.25) is 0 Å². The lowest BCUT2D eigenvalue weighted by molar-refractivity contribution is -0.148. The van der Waals surface area contributed by atoms with Crippen LogP contribution in [-0.2, 0) is 14.3 Å². The molecule has 0 saturated carbocycles. The molecule has 1 aromatic rings. The van der Waals surface area contributed by atoms with Gasteiger partial charge in [0.15, 0.2) is 0 Å². The summed E-state index contributed by atoms with van der Waals surface area (Å²) in [6.45, 7) is 4.67. The second-order valence-corrected chi connectivity index (χ2v) is 6.96. The molecule has 8 nitrogen and oxygen atoms in total. The van der Waals surface area contributed by atoms with Gasteiger partial charge in [0.25, 0.3) is 0 Å². The van der Waals surface area contributed by atoms with Crippen molar-refractivity contribution in [3.63, 3.8) is 0 Å². The van der Waals surface area contributed by atoms with Crippen LogP contribution in [0.15, 0.2) is 24.3 Å². The molecule has 8 heteroatoms. The van der Waals surface area contributed by atoms with Crippen molar-refractivity contribution in [2.75, 3.05) is 51.3 Å². The fourth-order valence-corrected chi connectivity index (χ4v) is 3.65. The lowest BCUT2D eigenvalue weighted by atomic mass is 9.97. The maximum absolute atomic E-state index is 12.7. The molecule has 2 saturated heterocycles. The summed E-state index contributed by atoms with van der Waals surface area (Å²) < 4.78 is 10.2. The molecule has 0 N–H and O–H groups in total. The van der Waals surface area contributed by atoms with Gasteiger partial charge in [-0.3, -0.25) is 14.5 Å². The summed E-state index contributed by atoms with van der Waals surface area (Å²) in [5.41, 5.74) is 0.794. The van der Waals surface area contributed by atoms with Gasteiger partial charge in [-0.05, 0) is 44.0 Å². The number of likely N-dealkylation sites (tertiary alicyclic amines) is 1. The van der Waals surface area contributed by atoms with Crippen LogP contribution >= 0.6 is 0 Å². The lowest BCUT2D eigenvalue weighted by Gasteiger charge is -2.31. The number of methoxy groups -OCH3 is 1. The number of carbonyl (C=O) groups excluding carboxylic acids is 3. The number of urea groups is 1. The van der Waals surface area contributed by atoms with Gasteiger partial charge in [-0.1, -0.05) is 0 Å². The molecule has 2 aliphatic rings. The van der Waals surface area contributed by atoms with E-state index in [4.69, 9.17) is 9.47 Å². The number of nitrogens with zero attached hydrogens (tertiary/aromatic N) is 3. The predicted octanol–water partition coefficient (Wildman–Crippen LogP) is 1.74. The molecular weight excluding hydrogens is 362 g/mol. The topological polar surface area (TPSA) is 79.4 Å². The summed E-state index contributed by atoms with van der Waals surface area (Å²) in [7, 11) is 1.38. The number of rotatable bonds is 6. The number of hydrogen-bond acceptors (Lipinski definition) is 5. The van der Waals surface area contributed by atoms with Gasteiger partial charge in [-0.2, -0.15) is 0 Å². The van der Waals surface area contributed by atoms with E-state index in [1.54, 1.807) is 14.7 Å². The largest absolute Gasteiger partial charge is 0.494 e. The van der Waals surface area contributed by atoms with Crippen LogP contribution in [0.3, 0.4) is 0 Å². The maximum atomic E-state index is 12.7. The molecule has 152 valence electrons. The van der Waals surface area contributed by atoms with Crippen LogP contribution < -0.4 is 9.64 Å². The first kappa shape index (κ1) is 20.0. The van der Waals surface area contributed by atoms with Crippen LogP contribution in [0.5, 0.6) is 5.75 Å². The summed E-state index contributed by atoms with van der Waals surface area (Å²) in [6, 6.07) is 7.22. The molecule has 2 fully saturated rings. The Balaban J connectivity index is 1.52. The van der Waals surface area contributed by atoms with E-state index >= 15 is 0 Å². The Kier molecular flexibility index (Phi) is 6.38. The summed E-state index contributed by atoms with van der Waals surface area (Å²) in [4.78, 5) is 41.9. The standard InChI is InChI=1S/C20H27N3O5/c1-3-28-17-6-4-16(5-7-17)23-13-12-22(20(23)26)14-18(24)21-10-8-15(9-11-21)19(25)27-2/h4-7,15H,3,8-14H2,1-2H3. The molecule has 28 heavy (non-hydrogen) atoms. The second-order valence-electron chi connectivity index (χ2n) is 6.96. The number of piperidine rings is 1. The van der Waals surface area contributed by atoms with Gasteiger partial charge in [0.2, 0.25) is 5.91 Å². The van der Waals surface area contributed by atoms with E-state index in [2.05, 4.69) is 0 Å². The van der Waals surface area contributed by atoms with Crippen LogP contribution in [0.1, 0.15) is 19.8 Å². The normalized spacial score (nSPS) is 17.8. The highest BCUT2D eigenvalue weighted by molar-refractivity contribution is 5.96. The molecule has 3 amide bonds. The number of anilines is 1. The Morgan fingerprint density at radius 3 is 2.36 bits per heavy atom. The zero-order valence-electron chi connectivity index (χ0n) is 16.4. The fraction of sp³-hybridized carbons (Fsp3) is 0.550. The van der Waals surface area contributed by atoms with Crippen molar-refractivity contribution in [2.24, 2.45) is 5.92 Å². The molecule has 2 heterocycles. The van der Waals surface area contributed by atoms with Crippen LogP contribution in [0.25, 0.3) is 0 Å². The lowest BCUT2D eigenvalue weighted by Crippen LogP contribution is -2.46. The minimum absolute atomic E-state index is 0.0647. The first-order chi connectivity index (χ1) is 13.5. The van der Waals surface area contributed by atoms with Gasteiger partial charge in [-0.25, -0.2) is 4.79 Å². The number of amides is 3. The van der Waals surface area contributed by atoms with E-state index in [9.17, 15) is 14.4 Å². The molecule has 0 radical (unpaired) electrons. The minimum atomic E-state index is -0.215. The maximum Gasteiger partial charge on any atom is 0.325 e. The van der Waals surface area contributed by atoms with Gasteiger partial charge >= 0.3 is 12.0 Å². The number of hydrogen-bond donors (Lipinski definition) is 0. The Morgan fingerprint density at radius 1 is 1.07 bits per heavy atom. The quantitative estimate of drug-likeness (QED) is 0.693. The smallest absolute Gasteiger partial charge is 0.325 e. The van der Waals surface area contributed by atoms with E-state index in [-0.39, 0.29) is 30.4 Å². The zero-order chi connectivity index (χ0) is 20.1. The van der Waals surface area contributed by atoms with Crippen LogP contribution in [0, 0.1) is 5.92 Å². The Labute approximate surface area is 165 Å². The Bertz CT molecular complexity index is 713. The van der Waals surface area contributed by atoms with E-state index in [1.807, 2.05) is 31.2 Å². The van der Waals surface area contributed by atoms with E-state index in [0.29, 0.717) is 45.6 Å². The molecule has 2 aliphatic heterocycles. The fourth-order valence-electron chi connectivity index (χ4n) is 3.65. The predicted molar refractivity (Wildman–Crippen MR) is 103 cm³/mol. The molecule has 0 aromatic heterocycles. The molecule has 0 aliphatic carbocycles. The van der Waals surface area contributed by atoms with Crippen molar-refractivity contribution < 1.29 is 23.9 Å². The number of benzene rings is 1. The average molecular weight is 389 g/mol. The molecule has 1 aromatic carbocycles. The summed E-state index contributed by atoms with van der Waals surface area (Å²) in [6.07, 6.45) is 1.20. The van der Waals surface area contributed by atoms with E-state index < -0.39 is 0 Å². The highest BCUT2D eigenvalue weighted by atomic mass is 16.5. The summed E-state index contributed by atoms with van der Waals surface area (Å²) in [5, 5.41) is 0. The zero-order valence-corrected chi connectivity index (χ0v) is 16.4. The van der Waals surface area contributed by atoms with E-state index in [1.165, 1.54) is 7.11 Å². The van der Waals surface area contributed by atoms with Crippen molar-refractivity contribution >= 4 is 23.6 Å². The van der Waals surface area contributed by atoms with Crippen LogP contribution in [0.4, 0.5) is 10.5 Å². The monoisotopic (exact) mass is 389 g/mol. The highest BCUT2D eigenvalue weighted by Gasteiger charge is 2.33. The first-order valence-electron chi connectivity index (χ1n) is 9.68. The Hall–Kier alpha value is -2.77. The highest BCUT2D eigenvalue weighted by Crippen LogP contribution is 2.24. The third-order valence-electron chi connectivity index (χ3n) is 5.26. The molecule has 0 unspecified atom stereocenters. The van der Waals surface area contributed by atoms with Crippen molar-refractivity contribution in [3.8, 4) is 5.75 Å². The molecule has 0 bridgehead atoms.